The van der Waals surface area contributed by atoms with Gasteiger partial charge >= 0.3 is 0 Å². The minimum atomic E-state index is -0.175. The number of nitrogens with zero attached hydrogens (tertiary/aromatic N) is 2. The molecule has 0 radical (unpaired) electrons. The van der Waals surface area contributed by atoms with Crippen LogP contribution in [0.2, 0.25) is 0 Å². The predicted molar refractivity (Wildman–Crippen MR) is 115 cm³/mol. The number of nitrogen functional groups attached to an aromatic ring is 1. The third-order valence-electron chi connectivity index (χ3n) is 5.72. The van der Waals surface area contributed by atoms with Gasteiger partial charge in [-0.1, -0.05) is 33.1 Å². The largest absolute Gasteiger partial charge is 0.506 e. The summed E-state index contributed by atoms with van der Waals surface area (Å²) in [4.78, 5) is 8.59. The maximum atomic E-state index is 10.2. The number of hydrogen-bond acceptors (Lipinski definition) is 6. The number of nitrogens with one attached hydrogen (secondary N) is 1. The van der Waals surface area contributed by atoms with Gasteiger partial charge in [0.25, 0.3) is 0 Å². The summed E-state index contributed by atoms with van der Waals surface area (Å²) in [7, 11) is 0. The van der Waals surface area contributed by atoms with E-state index in [9.17, 15) is 5.11 Å². The van der Waals surface area contributed by atoms with Crippen LogP contribution in [0.5, 0.6) is 5.75 Å². The fourth-order valence-electron chi connectivity index (χ4n) is 4.35. The summed E-state index contributed by atoms with van der Waals surface area (Å²) in [6, 6.07) is 4.15. The van der Waals surface area contributed by atoms with Crippen LogP contribution in [-0.4, -0.2) is 27.7 Å². The van der Waals surface area contributed by atoms with E-state index >= 15 is 0 Å². The van der Waals surface area contributed by atoms with Crippen molar-refractivity contribution in [1.82, 2.24) is 9.97 Å². The summed E-state index contributed by atoms with van der Waals surface area (Å²) < 4.78 is 0. The molecule has 1 aromatic heterocycles. The molecule has 0 amide bonds. The van der Waals surface area contributed by atoms with Crippen molar-refractivity contribution < 1.29 is 5.11 Å². The Morgan fingerprint density at radius 3 is 2.50 bits per heavy atom. The molecule has 6 N–H and O–H groups in total. The van der Waals surface area contributed by atoms with E-state index in [2.05, 4.69) is 29.1 Å². The Bertz CT molecular complexity index is 828. The number of anilines is 2. The molecule has 0 atom stereocenters. The lowest BCUT2D eigenvalue weighted by atomic mass is 9.71. The fourth-order valence-corrected chi connectivity index (χ4v) is 4.35. The van der Waals surface area contributed by atoms with Crippen LogP contribution in [0, 0.1) is 0 Å². The smallest absolute Gasteiger partial charge is 0.138 e. The van der Waals surface area contributed by atoms with Gasteiger partial charge in [-0.25, -0.2) is 9.97 Å². The van der Waals surface area contributed by atoms with E-state index in [-0.39, 0.29) is 11.2 Å². The zero-order valence-electron chi connectivity index (χ0n) is 17.3. The first-order chi connectivity index (χ1) is 13.3. The zero-order valence-corrected chi connectivity index (χ0v) is 17.3. The molecule has 28 heavy (non-hydrogen) atoms. The molecule has 6 nitrogen and oxygen atoms in total. The second-order valence-corrected chi connectivity index (χ2v) is 8.46. The van der Waals surface area contributed by atoms with Gasteiger partial charge in [0.2, 0.25) is 0 Å². The topological polar surface area (TPSA) is 110 Å². The molecular weight excluding hydrogens is 350 g/mol. The van der Waals surface area contributed by atoms with E-state index in [1.165, 1.54) is 38.4 Å². The third kappa shape index (κ3) is 4.07. The van der Waals surface area contributed by atoms with E-state index in [4.69, 9.17) is 11.5 Å². The number of rotatable bonds is 2. The van der Waals surface area contributed by atoms with Crippen molar-refractivity contribution >= 4 is 11.5 Å². The molecule has 1 fully saturated rings. The van der Waals surface area contributed by atoms with Gasteiger partial charge in [-0.3, -0.25) is 0 Å². The lowest BCUT2D eigenvalue weighted by Gasteiger charge is -2.35. The summed E-state index contributed by atoms with van der Waals surface area (Å²) in [5.74, 6) is 0.811. The van der Waals surface area contributed by atoms with Gasteiger partial charge in [0.1, 0.15) is 17.9 Å². The standard InChI is InChI=1S/C16H20N4O.C6H13N/c1-4-18-13-10-7-16(2,3)12-14(19-8-20-15(12)17)9(10)5-6-11(13)21;7-6-4-2-1-3-5-6/h5-6,8,18,21H,4,7H2,1-3H3,(H2,17,19,20);6H,1-5,7H2. The van der Waals surface area contributed by atoms with Crippen molar-refractivity contribution in [3.63, 3.8) is 0 Å². The number of hydrogen-bond donors (Lipinski definition) is 4. The Morgan fingerprint density at radius 2 is 1.89 bits per heavy atom. The molecule has 6 heteroatoms. The molecule has 2 aromatic rings. The van der Waals surface area contributed by atoms with Crippen molar-refractivity contribution in [3.8, 4) is 17.0 Å². The maximum absolute atomic E-state index is 10.2. The first kappa shape index (κ1) is 20.4. The fraction of sp³-hybridized carbons (Fsp3) is 0.545. The van der Waals surface area contributed by atoms with E-state index in [1.807, 2.05) is 13.0 Å². The molecule has 2 aliphatic rings. The molecule has 0 bridgehead atoms. The van der Waals surface area contributed by atoms with E-state index in [1.54, 1.807) is 6.07 Å². The number of fused-ring (bicyclic) bond motifs is 3. The molecular formula is C22H33N5O. The van der Waals surface area contributed by atoms with Gasteiger partial charge < -0.3 is 21.9 Å². The van der Waals surface area contributed by atoms with Gasteiger partial charge in [0.15, 0.2) is 0 Å². The molecule has 4 rings (SSSR count). The van der Waals surface area contributed by atoms with Gasteiger partial charge in [0, 0.05) is 23.7 Å². The second kappa shape index (κ2) is 8.35. The Kier molecular flexibility index (Phi) is 6.08. The van der Waals surface area contributed by atoms with Gasteiger partial charge in [-0.2, -0.15) is 0 Å². The van der Waals surface area contributed by atoms with E-state index < -0.39 is 0 Å². The number of aromatic nitrogens is 2. The van der Waals surface area contributed by atoms with Crippen LogP contribution in [0.3, 0.4) is 0 Å². The molecule has 1 aromatic carbocycles. The van der Waals surface area contributed by atoms with Gasteiger partial charge in [-0.15, -0.1) is 0 Å². The SMILES string of the molecule is CCNc1c(O)ccc2c1CC(C)(C)c1c(N)ncnc1-2.NC1CCCCC1. The number of phenolic OH excluding ortho intramolecular Hbond substituents is 1. The normalized spacial score (nSPS) is 17.7. The quantitative estimate of drug-likeness (QED) is 0.584. The maximum Gasteiger partial charge on any atom is 0.138 e. The summed E-state index contributed by atoms with van der Waals surface area (Å²) >= 11 is 0. The lowest BCUT2D eigenvalue weighted by molar-refractivity contribution is 0.441. The zero-order chi connectivity index (χ0) is 20.3. The van der Waals surface area contributed by atoms with Crippen molar-refractivity contribution in [1.29, 1.82) is 0 Å². The van der Waals surface area contributed by atoms with E-state index in [0.29, 0.717) is 11.9 Å². The molecule has 152 valence electrons. The summed E-state index contributed by atoms with van der Waals surface area (Å²) in [6.45, 7) is 7.03. The monoisotopic (exact) mass is 383 g/mol. The summed E-state index contributed by atoms with van der Waals surface area (Å²) in [6.07, 6.45) is 8.94. The second-order valence-electron chi connectivity index (χ2n) is 8.46. The van der Waals surface area contributed by atoms with E-state index in [0.717, 1.165) is 41.0 Å². The molecule has 0 aliphatic heterocycles. The first-order valence-corrected chi connectivity index (χ1v) is 10.3. The van der Waals surface area contributed by atoms with Crippen LogP contribution in [0.4, 0.5) is 11.5 Å². The van der Waals surface area contributed by atoms with Crippen LogP contribution < -0.4 is 16.8 Å². The Labute approximate surface area is 167 Å². The number of phenols is 1. The van der Waals surface area contributed by atoms with Crippen LogP contribution in [-0.2, 0) is 11.8 Å². The van der Waals surface area contributed by atoms with Crippen molar-refractivity contribution in [3.05, 3.63) is 29.6 Å². The van der Waals surface area contributed by atoms with Gasteiger partial charge in [-0.05, 0) is 49.3 Å². The third-order valence-corrected chi connectivity index (χ3v) is 5.72. The highest BCUT2D eigenvalue weighted by molar-refractivity contribution is 5.82. The minimum Gasteiger partial charge on any atom is -0.506 e. The Balaban J connectivity index is 0.000000271. The molecule has 0 spiro atoms. The molecule has 1 saturated carbocycles. The number of nitrogens with two attached hydrogens (primary N) is 2. The highest BCUT2D eigenvalue weighted by Crippen LogP contribution is 2.48. The average molecular weight is 384 g/mol. The summed E-state index contributed by atoms with van der Waals surface area (Å²) in [5, 5.41) is 13.4. The lowest BCUT2D eigenvalue weighted by Crippen LogP contribution is -2.29. The molecule has 1 heterocycles. The van der Waals surface area contributed by atoms with Crippen molar-refractivity contribution in [2.75, 3.05) is 17.6 Å². The molecule has 2 aliphatic carbocycles. The predicted octanol–water partition coefficient (Wildman–Crippen LogP) is 3.97. The Morgan fingerprint density at radius 1 is 1.18 bits per heavy atom. The average Bonchev–Trinajstić information content (AvgIpc) is 2.65. The minimum absolute atomic E-state index is 0.175. The first-order valence-electron chi connectivity index (χ1n) is 10.3. The van der Waals surface area contributed by atoms with Crippen molar-refractivity contribution in [2.24, 2.45) is 5.73 Å². The molecule has 0 saturated heterocycles. The van der Waals surface area contributed by atoms with Crippen LogP contribution in [0.15, 0.2) is 18.5 Å². The van der Waals surface area contributed by atoms with Crippen LogP contribution >= 0.6 is 0 Å². The highest BCUT2D eigenvalue weighted by atomic mass is 16.3. The highest BCUT2D eigenvalue weighted by Gasteiger charge is 2.36. The van der Waals surface area contributed by atoms with Crippen LogP contribution in [0.25, 0.3) is 11.3 Å². The van der Waals surface area contributed by atoms with Crippen molar-refractivity contribution in [2.45, 2.75) is 70.8 Å². The van der Waals surface area contributed by atoms with Gasteiger partial charge in [0.05, 0.1) is 11.4 Å². The van der Waals surface area contributed by atoms with Crippen LogP contribution in [0.1, 0.15) is 64.0 Å². The number of benzene rings is 1. The number of aromatic hydroxyl groups is 1. The molecule has 0 unspecified atom stereocenters. The summed E-state index contributed by atoms with van der Waals surface area (Å²) in [5.41, 5.74) is 16.3. The Hall–Kier alpha value is -2.34.